The SMILES string of the molecule is CNc1ccc([N+](=O)[O-])cc1CN1CCCC(C(N)=O)C1. The Kier molecular flexibility index (Phi) is 4.74. The lowest BCUT2D eigenvalue weighted by atomic mass is 9.97. The van der Waals surface area contributed by atoms with E-state index in [2.05, 4.69) is 10.2 Å². The van der Waals surface area contributed by atoms with Crippen LogP contribution in [-0.4, -0.2) is 35.9 Å². The molecular weight excluding hydrogens is 272 g/mol. The fourth-order valence-corrected chi connectivity index (χ4v) is 2.74. The minimum atomic E-state index is -0.397. The van der Waals surface area contributed by atoms with Crippen molar-refractivity contribution in [2.45, 2.75) is 19.4 Å². The van der Waals surface area contributed by atoms with Gasteiger partial charge in [-0.1, -0.05) is 0 Å². The van der Waals surface area contributed by atoms with Crippen LogP contribution >= 0.6 is 0 Å². The van der Waals surface area contributed by atoms with Gasteiger partial charge in [0.1, 0.15) is 0 Å². The molecule has 21 heavy (non-hydrogen) atoms. The van der Waals surface area contributed by atoms with E-state index in [-0.39, 0.29) is 17.5 Å². The van der Waals surface area contributed by atoms with E-state index in [9.17, 15) is 14.9 Å². The van der Waals surface area contributed by atoms with Crippen molar-refractivity contribution in [1.29, 1.82) is 0 Å². The molecule has 1 fully saturated rings. The number of nitrogens with two attached hydrogens (primary N) is 1. The largest absolute Gasteiger partial charge is 0.388 e. The average Bonchev–Trinajstić information content (AvgIpc) is 2.47. The Morgan fingerprint density at radius 2 is 2.33 bits per heavy atom. The van der Waals surface area contributed by atoms with Crippen LogP contribution in [0.2, 0.25) is 0 Å². The predicted octanol–water partition coefficient (Wildman–Crippen LogP) is 1.33. The summed E-state index contributed by atoms with van der Waals surface area (Å²) in [5.74, 6) is -0.400. The van der Waals surface area contributed by atoms with Crippen molar-refractivity contribution in [3.63, 3.8) is 0 Å². The number of amides is 1. The Balaban J connectivity index is 2.15. The molecule has 3 N–H and O–H groups in total. The fraction of sp³-hybridized carbons (Fsp3) is 0.500. The first-order chi connectivity index (χ1) is 10.0. The second kappa shape index (κ2) is 6.53. The fourth-order valence-electron chi connectivity index (χ4n) is 2.74. The summed E-state index contributed by atoms with van der Waals surface area (Å²) in [4.78, 5) is 23.9. The number of piperidine rings is 1. The number of benzene rings is 1. The molecule has 2 rings (SSSR count). The molecule has 1 aromatic carbocycles. The van der Waals surface area contributed by atoms with Gasteiger partial charge in [-0.05, 0) is 31.0 Å². The average molecular weight is 292 g/mol. The van der Waals surface area contributed by atoms with Crippen molar-refractivity contribution in [2.24, 2.45) is 11.7 Å². The quantitative estimate of drug-likeness (QED) is 0.630. The molecule has 1 unspecified atom stereocenters. The van der Waals surface area contributed by atoms with Crippen LogP contribution in [-0.2, 0) is 11.3 Å². The highest BCUT2D eigenvalue weighted by atomic mass is 16.6. The van der Waals surface area contributed by atoms with E-state index in [4.69, 9.17) is 5.73 Å². The summed E-state index contributed by atoms with van der Waals surface area (Å²) in [7, 11) is 1.78. The second-order valence-electron chi connectivity index (χ2n) is 5.33. The highest BCUT2D eigenvalue weighted by molar-refractivity contribution is 5.76. The molecule has 0 radical (unpaired) electrons. The molecule has 1 aliphatic rings. The lowest BCUT2D eigenvalue weighted by Gasteiger charge is -2.31. The smallest absolute Gasteiger partial charge is 0.269 e. The highest BCUT2D eigenvalue weighted by Crippen LogP contribution is 2.25. The molecule has 1 aromatic rings. The molecule has 1 amide bonds. The van der Waals surface area contributed by atoms with Gasteiger partial charge in [-0.25, -0.2) is 0 Å². The molecule has 7 nitrogen and oxygen atoms in total. The Labute approximate surface area is 123 Å². The van der Waals surface area contributed by atoms with Crippen LogP contribution in [0, 0.1) is 16.0 Å². The lowest BCUT2D eigenvalue weighted by Crippen LogP contribution is -2.40. The van der Waals surface area contributed by atoms with Gasteiger partial charge < -0.3 is 11.1 Å². The van der Waals surface area contributed by atoms with E-state index in [0.29, 0.717) is 13.1 Å². The Bertz CT molecular complexity index is 547. The van der Waals surface area contributed by atoms with Gasteiger partial charge in [0.15, 0.2) is 0 Å². The summed E-state index contributed by atoms with van der Waals surface area (Å²) < 4.78 is 0. The zero-order valence-electron chi connectivity index (χ0n) is 12.0. The number of non-ortho nitro benzene ring substituents is 1. The van der Waals surface area contributed by atoms with Crippen LogP contribution in [0.25, 0.3) is 0 Å². The van der Waals surface area contributed by atoms with Crippen molar-refractivity contribution in [3.05, 3.63) is 33.9 Å². The van der Waals surface area contributed by atoms with E-state index in [1.165, 1.54) is 6.07 Å². The summed E-state index contributed by atoms with van der Waals surface area (Å²) in [6.45, 7) is 2.05. The molecule has 0 aromatic heterocycles. The molecule has 1 saturated heterocycles. The third kappa shape index (κ3) is 3.69. The van der Waals surface area contributed by atoms with Crippen LogP contribution in [0.5, 0.6) is 0 Å². The first kappa shape index (κ1) is 15.2. The maximum absolute atomic E-state index is 11.3. The molecule has 0 bridgehead atoms. The molecule has 1 atom stereocenters. The summed E-state index contributed by atoms with van der Waals surface area (Å²) >= 11 is 0. The third-order valence-electron chi connectivity index (χ3n) is 3.87. The van der Waals surface area contributed by atoms with Crippen molar-refractivity contribution in [3.8, 4) is 0 Å². The lowest BCUT2D eigenvalue weighted by molar-refractivity contribution is -0.384. The first-order valence-electron chi connectivity index (χ1n) is 6.98. The van der Waals surface area contributed by atoms with Gasteiger partial charge in [-0.15, -0.1) is 0 Å². The number of rotatable bonds is 5. The van der Waals surface area contributed by atoms with Crippen LogP contribution in [0.4, 0.5) is 11.4 Å². The number of nitrogens with one attached hydrogen (secondary N) is 1. The number of anilines is 1. The number of carbonyl (C=O) groups excluding carboxylic acids is 1. The highest BCUT2D eigenvalue weighted by Gasteiger charge is 2.24. The van der Waals surface area contributed by atoms with Gasteiger partial charge in [-0.3, -0.25) is 19.8 Å². The molecule has 0 aliphatic carbocycles. The minimum absolute atomic E-state index is 0.0764. The number of hydrogen-bond acceptors (Lipinski definition) is 5. The van der Waals surface area contributed by atoms with E-state index in [0.717, 1.165) is 30.6 Å². The zero-order chi connectivity index (χ0) is 15.4. The van der Waals surface area contributed by atoms with Crippen LogP contribution < -0.4 is 11.1 Å². The Morgan fingerprint density at radius 3 is 2.95 bits per heavy atom. The number of primary amides is 1. The molecule has 0 saturated carbocycles. The van der Waals surface area contributed by atoms with Gasteiger partial charge in [0.05, 0.1) is 10.8 Å². The molecular formula is C14H20N4O3. The molecule has 1 aliphatic heterocycles. The maximum atomic E-state index is 11.3. The van der Waals surface area contributed by atoms with E-state index in [1.807, 2.05) is 0 Å². The third-order valence-corrected chi connectivity index (χ3v) is 3.87. The van der Waals surface area contributed by atoms with Crippen molar-refractivity contribution in [2.75, 3.05) is 25.5 Å². The number of carbonyl (C=O) groups is 1. The summed E-state index contributed by atoms with van der Waals surface area (Å²) in [5.41, 5.74) is 7.17. The van der Waals surface area contributed by atoms with Gasteiger partial charge in [-0.2, -0.15) is 0 Å². The molecule has 0 spiro atoms. The topological polar surface area (TPSA) is 102 Å². The van der Waals surface area contributed by atoms with Crippen LogP contribution in [0.1, 0.15) is 18.4 Å². The number of hydrogen-bond donors (Lipinski definition) is 2. The monoisotopic (exact) mass is 292 g/mol. The number of nitro groups is 1. The number of likely N-dealkylation sites (tertiary alicyclic amines) is 1. The van der Waals surface area contributed by atoms with Crippen LogP contribution in [0.15, 0.2) is 18.2 Å². The predicted molar refractivity (Wildman–Crippen MR) is 79.8 cm³/mol. The first-order valence-corrected chi connectivity index (χ1v) is 6.98. The Morgan fingerprint density at radius 1 is 1.57 bits per heavy atom. The van der Waals surface area contributed by atoms with E-state index >= 15 is 0 Å². The van der Waals surface area contributed by atoms with E-state index in [1.54, 1.807) is 19.2 Å². The second-order valence-corrected chi connectivity index (χ2v) is 5.33. The van der Waals surface area contributed by atoms with Gasteiger partial charge >= 0.3 is 0 Å². The maximum Gasteiger partial charge on any atom is 0.269 e. The van der Waals surface area contributed by atoms with Crippen molar-refractivity contribution >= 4 is 17.3 Å². The summed E-state index contributed by atoms with van der Waals surface area (Å²) in [6.07, 6.45) is 1.73. The van der Waals surface area contributed by atoms with Crippen LogP contribution in [0.3, 0.4) is 0 Å². The molecule has 114 valence electrons. The standard InChI is InChI=1S/C14H20N4O3/c1-16-13-5-4-12(18(20)21)7-11(13)9-17-6-2-3-10(8-17)14(15)19/h4-5,7,10,16H,2-3,6,8-9H2,1H3,(H2,15,19). The Hall–Kier alpha value is -2.15. The van der Waals surface area contributed by atoms with Gasteiger partial charge in [0.25, 0.3) is 5.69 Å². The number of nitro benzene ring substituents is 1. The van der Waals surface area contributed by atoms with E-state index < -0.39 is 4.92 Å². The molecule has 7 heteroatoms. The minimum Gasteiger partial charge on any atom is -0.388 e. The number of nitrogens with zero attached hydrogens (tertiary/aromatic N) is 2. The van der Waals surface area contributed by atoms with Crippen molar-refractivity contribution < 1.29 is 9.72 Å². The normalized spacial score (nSPS) is 19.2. The summed E-state index contributed by atoms with van der Waals surface area (Å²) in [6, 6.07) is 4.78. The zero-order valence-corrected chi connectivity index (χ0v) is 12.0. The van der Waals surface area contributed by atoms with Crippen molar-refractivity contribution in [1.82, 2.24) is 4.90 Å². The molecule has 1 heterocycles. The van der Waals surface area contributed by atoms with Gasteiger partial charge in [0, 0.05) is 38.0 Å². The van der Waals surface area contributed by atoms with Gasteiger partial charge in [0.2, 0.25) is 5.91 Å². The summed E-state index contributed by atoms with van der Waals surface area (Å²) in [5, 5.41) is 13.9.